The summed E-state index contributed by atoms with van der Waals surface area (Å²) in [5.41, 5.74) is 2.72. The Hall–Kier alpha value is -1.35. The molecular formula is C19H32N2O. The highest BCUT2D eigenvalue weighted by molar-refractivity contribution is 5.81. The van der Waals surface area contributed by atoms with E-state index in [-0.39, 0.29) is 23.4 Å². The summed E-state index contributed by atoms with van der Waals surface area (Å²) in [7, 11) is 0. The van der Waals surface area contributed by atoms with Crippen molar-refractivity contribution in [1.29, 1.82) is 0 Å². The van der Waals surface area contributed by atoms with Gasteiger partial charge >= 0.3 is 0 Å². The molecule has 0 saturated carbocycles. The van der Waals surface area contributed by atoms with Gasteiger partial charge in [-0.05, 0) is 36.3 Å². The van der Waals surface area contributed by atoms with E-state index in [9.17, 15) is 4.79 Å². The van der Waals surface area contributed by atoms with E-state index in [4.69, 9.17) is 0 Å². The lowest BCUT2D eigenvalue weighted by atomic mass is 9.85. The molecule has 0 aliphatic heterocycles. The number of carbonyl (C=O) groups is 1. The second-order valence-electron chi connectivity index (χ2n) is 7.38. The Bertz CT molecular complexity index is 471. The normalized spacial score (nSPS) is 14.7. The fraction of sp³-hybridized carbons (Fsp3) is 0.632. The van der Waals surface area contributed by atoms with Crippen LogP contribution in [-0.4, -0.2) is 18.5 Å². The first-order valence-electron chi connectivity index (χ1n) is 8.31. The molecule has 1 amide bonds. The van der Waals surface area contributed by atoms with Crippen LogP contribution in [0.4, 0.5) is 0 Å². The van der Waals surface area contributed by atoms with Gasteiger partial charge in [-0.15, -0.1) is 0 Å². The SMILES string of the molecule is CCNC(=O)[C@H](C)N[C@@H](c1ccc(C(C)(C)C)cc1)C(C)C. The minimum absolute atomic E-state index is 0.0551. The van der Waals surface area contributed by atoms with Crippen molar-refractivity contribution in [3.8, 4) is 0 Å². The lowest BCUT2D eigenvalue weighted by Gasteiger charge is -2.27. The Labute approximate surface area is 135 Å². The molecule has 1 rings (SSSR count). The molecule has 124 valence electrons. The molecule has 0 bridgehead atoms. The van der Waals surface area contributed by atoms with Crippen LogP contribution in [0.1, 0.15) is 65.6 Å². The summed E-state index contributed by atoms with van der Waals surface area (Å²) < 4.78 is 0. The van der Waals surface area contributed by atoms with Crippen molar-refractivity contribution in [1.82, 2.24) is 10.6 Å². The number of hydrogen-bond acceptors (Lipinski definition) is 2. The van der Waals surface area contributed by atoms with Crippen LogP contribution in [0.2, 0.25) is 0 Å². The van der Waals surface area contributed by atoms with E-state index >= 15 is 0 Å². The summed E-state index contributed by atoms with van der Waals surface area (Å²) in [6.45, 7) is 15.5. The molecule has 0 radical (unpaired) electrons. The Morgan fingerprint density at radius 1 is 1.09 bits per heavy atom. The largest absolute Gasteiger partial charge is 0.355 e. The van der Waals surface area contributed by atoms with Gasteiger partial charge in [-0.3, -0.25) is 10.1 Å². The maximum Gasteiger partial charge on any atom is 0.236 e. The number of carbonyl (C=O) groups excluding carboxylic acids is 1. The standard InChI is InChI=1S/C19H32N2O/c1-8-20-18(22)14(4)21-17(13(2)3)15-9-11-16(12-10-15)19(5,6)7/h9-14,17,21H,8H2,1-7H3,(H,20,22)/t14-,17+/m0/s1. The Morgan fingerprint density at radius 2 is 1.64 bits per heavy atom. The van der Waals surface area contributed by atoms with Crippen molar-refractivity contribution in [2.45, 2.75) is 66.0 Å². The molecule has 0 aromatic heterocycles. The predicted molar refractivity (Wildman–Crippen MR) is 94.0 cm³/mol. The maximum absolute atomic E-state index is 11.9. The fourth-order valence-corrected chi connectivity index (χ4v) is 2.54. The van der Waals surface area contributed by atoms with Gasteiger partial charge < -0.3 is 5.32 Å². The third-order valence-corrected chi connectivity index (χ3v) is 3.98. The molecule has 0 aliphatic rings. The Kier molecular flexibility index (Phi) is 6.61. The minimum Gasteiger partial charge on any atom is -0.355 e. The van der Waals surface area contributed by atoms with Crippen molar-refractivity contribution in [2.75, 3.05) is 6.54 Å². The quantitative estimate of drug-likeness (QED) is 0.839. The average Bonchev–Trinajstić information content (AvgIpc) is 2.43. The molecule has 3 nitrogen and oxygen atoms in total. The van der Waals surface area contributed by atoms with Gasteiger partial charge in [0.2, 0.25) is 5.91 Å². The zero-order valence-corrected chi connectivity index (χ0v) is 15.2. The zero-order chi connectivity index (χ0) is 16.9. The Balaban J connectivity index is 2.90. The lowest BCUT2D eigenvalue weighted by molar-refractivity contribution is -0.122. The molecule has 1 aromatic rings. The van der Waals surface area contributed by atoms with Crippen molar-refractivity contribution < 1.29 is 4.79 Å². The number of amides is 1. The van der Waals surface area contributed by atoms with E-state index in [2.05, 4.69) is 69.5 Å². The number of hydrogen-bond donors (Lipinski definition) is 2. The minimum atomic E-state index is -0.199. The number of rotatable bonds is 6. The average molecular weight is 304 g/mol. The summed E-state index contributed by atoms with van der Waals surface area (Å²) >= 11 is 0. The van der Waals surface area contributed by atoms with Crippen molar-refractivity contribution in [3.63, 3.8) is 0 Å². The lowest BCUT2D eigenvalue weighted by Crippen LogP contribution is -2.44. The number of likely N-dealkylation sites (N-methyl/N-ethyl adjacent to an activating group) is 1. The highest BCUT2D eigenvalue weighted by atomic mass is 16.2. The van der Waals surface area contributed by atoms with Crippen LogP contribution >= 0.6 is 0 Å². The van der Waals surface area contributed by atoms with Crippen LogP contribution in [-0.2, 0) is 10.2 Å². The fourth-order valence-electron chi connectivity index (χ4n) is 2.54. The van der Waals surface area contributed by atoms with E-state index in [0.717, 1.165) is 0 Å². The first-order chi connectivity index (χ1) is 10.2. The predicted octanol–water partition coefficient (Wildman–Crippen LogP) is 3.80. The first kappa shape index (κ1) is 18.7. The van der Waals surface area contributed by atoms with Crippen LogP contribution in [0.25, 0.3) is 0 Å². The molecule has 0 spiro atoms. The van der Waals surface area contributed by atoms with E-state index in [1.807, 2.05) is 13.8 Å². The van der Waals surface area contributed by atoms with E-state index in [0.29, 0.717) is 12.5 Å². The smallest absolute Gasteiger partial charge is 0.236 e. The van der Waals surface area contributed by atoms with Crippen LogP contribution in [0.3, 0.4) is 0 Å². The summed E-state index contributed by atoms with van der Waals surface area (Å²) in [6, 6.07) is 8.74. The van der Waals surface area contributed by atoms with Crippen LogP contribution in [0, 0.1) is 5.92 Å². The molecule has 1 aromatic carbocycles. The summed E-state index contributed by atoms with van der Waals surface area (Å²) in [5.74, 6) is 0.469. The van der Waals surface area contributed by atoms with Gasteiger partial charge in [0, 0.05) is 12.6 Å². The summed E-state index contributed by atoms with van der Waals surface area (Å²) in [6.07, 6.45) is 0. The first-order valence-corrected chi connectivity index (χ1v) is 8.31. The highest BCUT2D eigenvalue weighted by Crippen LogP contribution is 2.27. The second kappa shape index (κ2) is 7.77. The molecule has 0 fully saturated rings. The van der Waals surface area contributed by atoms with Gasteiger partial charge in [0.1, 0.15) is 0 Å². The monoisotopic (exact) mass is 304 g/mol. The van der Waals surface area contributed by atoms with Crippen molar-refractivity contribution in [2.24, 2.45) is 5.92 Å². The molecule has 2 atom stereocenters. The number of nitrogens with one attached hydrogen (secondary N) is 2. The molecule has 0 aliphatic carbocycles. The molecule has 0 unspecified atom stereocenters. The zero-order valence-electron chi connectivity index (χ0n) is 15.2. The van der Waals surface area contributed by atoms with E-state index in [1.54, 1.807) is 0 Å². The van der Waals surface area contributed by atoms with Gasteiger partial charge in [-0.2, -0.15) is 0 Å². The second-order valence-corrected chi connectivity index (χ2v) is 7.38. The third kappa shape index (κ3) is 5.13. The highest BCUT2D eigenvalue weighted by Gasteiger charge is 2.22. The van der Waals surface area contributed by atoms with Crippen molar-refractivity contribution >= 4 is 5.91 Å². The molecule has 22 heavy (non-hydrogen) atoms. The van der Waals surface area contributed by atoms with E-state index < -0.39 is 0 Å². The summed E-state index contributed by atoms with van der Waals surface area (Å²) in [5, 5.41) is 6.33. The van der Waals surface area contributed by atoms with Gasteiger partial charge in [-0.1, -0.05) is 58.9 Å². The van der Waals surface area contributed by atoms with Crippen LogP contribution < -0.4 is 10.6 Å². The molecule has 3 heteroatoms. The van der Waals surface area contributed by atoms with Gasteiger partial charge in [0.05, 0.1) is 6.04 Å². The molecular weight excluding hydrogens is 272 g/mol. The molecule has 2 N–H and O–H groups in total. The number of benzene rings is 1. The Morgan fingerprint density at radius 3 is 2.05 bits per heavy atom. The topological polar surface area (TPSA) is 41.1 Å². The van der Waals surface area contributed by atoms with E-state index in [1.165, 1.54) is 11.1 Å². The third-order valence-electron chi connectivity index (χ3n) is 3.98. The maximum atomic E-state index is 11.9. The van der Waals surface area contributed by atoms with Gasteiger partial charge in [-0.25, -0.2) is 0 Å². The van der Waals surface area contributed by atoms with Crippen LogP contribution in [0.5, 0.6) is 0 Å². The van der Waals surface area contributed by atoms with Gasteiger partial charge in [0.15, 0.2) is 0 Å². The van der Waals surface area contributed by atoms with Gasteiger partial charge in [0.25, 0.3) is 0 Å². The van der Waals surface area contributed by atoms with Crippen LogP contribution in [0.15, 0.2) is 24.3 Å². The molecule has 0 saturated heterocycles. The van der Waals surface area contributed by atoms with Crippen molar-refractivity contribution in [3.05, 3.63) is 35.4 Å². The summed E-state index contributed by atoms with van der Waals surface area (Å²) in [4.78, 5) is 11.9. The molecule has 0 heterocycles.